The Morgan fingerprint density at radius 2 is 1.59 bits per heavy atom. The van der Waals surface area contributed by atoms with Crippen LogP contribution in [0.15, 0.2) is 54.6 Å². The number of nitrogens with zero attached hydrogens (tertiary/aromatic N) is 1. The molecule has 2 aromatic rings. The van der Waals surface area contributed by atoms with E-state index in [4.69, 9.17) is 10.00 Å². The molecule has 0 bridgehead atoms. The fraction of sp³-hybridized carbons (Fsp3) is 0.133. The molecule has 2 rings (SSSR count). The van der Waals surface area contributed by atoms with E-state index in [0.717, 1.165) is 16.9 Å². The lowest BCUT2D eigenvalue weighted by atomic mass is 10.2. The number of nitriles is 1. The third kappa shape index (κ3) is 3.35. The van der Waals surface area contributed by atoms with Crippen molar-refractivity contribution in [3.05, 3.63) is 65.7 Å². The first-order chi connectivity index (χ1) is 8.38. The van der Waals surface area contributed by atoms with Crippen molar-refractivity contribution in [3.63, 3.8) is 0 Å². The zero-order valence-electron chi connectivity index (χ0n) is 9.47. The van der Waals surface area contributed by atoms with Gasteiger partial charge in [-0.1, -0.05) is 42.5 Å². The number of rotatable bonds is 4. The first-order valence-electron chi connectivity index (χ1n) is 5.51. The fourth-order valence-corrected chi connectivity index (χ4v) is 1.54. The highest BCUT2D eigenvalue weighted by molar-refractivity contribution is 5.29. The summed E-state index contributed by atoms with van der Waals surface area (Å²) < 4.78 is 5.64. The smallest absolute Gasteiger partial charge is 0.119 e. The summed E-state index contributed by atoms with van der Waals surface area (Å²) in [5.74, 6) is 0.829. The highest BCUT2D eigenvalue weighted by atomic mass is 16.5. The number of hydrogen-bond donors (Lipinski definition) is 0. The number of ether oxygens (including phenoxy) is 1. The van der Waals surface area contributed by atoms with E-state index < -0.39 is 0 Å². The summed E-state index contributed by atoms with van der Waals surface area (Å²) in [4.78, 5) is 0. The van der Waals surface area contributed by atoms with Gasteiger partial charge in [-0.15, -0.1) is 0 Å². The van der Waals surface area contributed by atoms with Crippen molar-refractivity contribution in [3.8, 4) is 11.8 Å². The van der Waals surface area contributed by atoms with Gasteiger partial charge in [0.1, 0.15) is 12.4 Å². The second-order valence-electron chi connectivity index (χ2n) is 3.75. The van der Waals surface area contributed by atoms with Crippen molar-refractivity contribution >= 4 is 0 Å². The highest BCUT2D eigenvalue weighted by Crippen LogP contribution is 2.14. The topological polar surface area (TPSA) is 33.0 Å². The van der Waals surface area contributed by atoms with Gasteiger partial charge >= 0.3 is 0 Å². The molecule has 2 aromatic carbocycles. The van der Waals surface area contributed by atoms with Gasteiger partial charge in [0.05, 0.1) is 12.5 Å². The minimum atomic E-state index is 0.443. The molecule has 0 aliphatic heterocycles. The van der Waals surface area contributed by atoms with Crippen LogP contribution in [0.3, 0.4) is 0 Å². The summed E-state index contributed by atoms with van der Waals surface area (Å²) in [7, 11) is 0. The average Bonchev–Trinajstić information content (AvgIpc) is 2.40. The molecule has 0 N–H and O–H groups in total. The van der Waals surface area contributed by atoms with Gasteiger partial charge in [-0.05, 0) is 23.3 Å². The molecule has 0 radical (unpaired) electrons. The van der Waals surface area contributed by atoms with Gasteiger partial charge in [0.15, 0.2) is 0 Å². The van der Waals surface area contributed by atoms with Gasteiger partial charge < -0.3 is 4.74 Å². The van der Waals surface area contributed by atoms with E-state index in [-0.39, 0.29) is 0 Å². The van der Waals surface area contributed by atoms with Crippen LogP contribution in [-0.2, 0) is 13.0 Å². The zero-order chi connectivity index (χ0) is 11.9. The molecule has 2 heteroatoms. The molecular weight excluding hydrogens is 212 g/mol. The highest BCUT2D eigenvalue weighted by Gasteiger charge is 1.96. The van der Waals surface area contributed by atoms with Crippen molar-refractivity contribution in [2.24, 2.45) is 0 Å². The van der Waals surface area contributed by atoms with Crippen molar-refractivity contribution in [1.82, 2.24) is 0 Å². The van der Waals surface area contributed by atoms with Crippen LogP contribution < -0.4 is 4.74 Å². The first kappa shape index (κ1) is 11.2. The Balaban J connectivity index is 1.94. The fourth-order valence-electron chi connectivity index (χ4n) is 1.54. The van der Waals surface area contributed by atoms with E-state index in [1.807, 2.05) is 54.6 Å². The molecule has 0 saturated carbocycles. The van der Waals surface area contributed by atoms with Gasteiger partial charge in [-0.2, -0.15) is 5.26 Å². The van der Waals surface area contributed by atoms with Crippen LogP contribution in [0, 0.1) is 11.3 Å². The van der Waals surface area contributed by atoms with E-state index in [1.54, 1.807) is 0 Å². The summed E-state index contributed by atoms with van der Waals surface area (Å²) in [6.07, 6.45) is 0.443. The lowest BCUT2D eigenvalue weighted by Crippen LogP contribution is -1.94. The van der Waals surface area contributed by atoms with Gasteiger partial charge in [0.25, 0.3) is 0 Å². The van der Waals surface area contributed by atoms with Crippen LogP contribution in [0.4, 0.5) is 0 Å². The largest absolute Gasteiger partial charge is 0.489 e. The minimum absolute atomic E-state index is 0.443. The monoisotopic (exact) mass is 225 g/mol. The van der Waals surface area contributed by atoms with Crippen LogP contribution in [0.2, 0.25) is 0 Å². The van der Waals surface area contributed by atoms with Crippen LogP contribution in [-0.4, -0.2) is 0 Å². The Hall–Kier alpha value is -2.27. The van der Waals surface area contributed by atoms with Crippen LogP contribution in [0.1, 0.15) is 11.1 Å². The van der Waals surface area contributed by atoms with Crippen molar-refractivity contribution in [2.45, 2.75) is 13.0 Å². The SMILES string of the molecule is N#[13C][13CH2]c1ccc(OCc2ccccc2)cc1. The second-order valence-corrected chi connectivity index (χ2v) is 3.75. The molecule has 0 atom stereocenters. The summed E-state index contributed by atoms with van der Waals surface area (Å²) in [6.45, 7) is 0.568. The molecule has 0 spiro atoms. The number of benzene rings is 2. The molecule has 2 nitrogen and oxygen atoms in total. The van der Waals surface area contributed by atoms with Crippen LogP contribution >= 0.6 is 0 Å². The average molecular weight is 225 g/mol. The van der Waals surface area contributed by atoms with Crippen LogP contribution in [0.5, 0.6) is 5.75 Å². The van der Waals surface area contributed by atoms with E-state index in [1.165, 1.54) is 0 Å². The number of hydrogen-bond acceptors (Lipinski definition) is 2. The quantitative estimate of drug-likeness (QED) is 0.748. The standard InChI is InChI=1S/C15H13NO/c16-11-10-13-6-8-15(9-7-13)17-12-14-4-2-1-3-5-14/h1-9H,10,12H2/i10+1,11+1. The minimum Gasteiger partial charge on any atom is -0.489 e. The Kier molecular flexibility index (Phi) is 3.77. The second kappa shape index (κ2) is 5.72. The Morgan fingerprint density at radius 3 is 2.24 bits per heavy atom. The molecule has 84 valence electrons. The molecule has 0 heterocycles. The van der Waals surface area contributed by atoms with Gasteiger partial charge in [-0.3, -0.25) is 0 Å². The lowest BCUT2D eigenvalue weighted by molar-refractivity contribution is 0.306. The molecule has 0 aromatic heterocycles. The Morgan fingerprint density at radius 1 is 0.882 bits per heavy atom. The maximum Gasteiger partial charge on any atom is 0.119 e. The molecule has 0 fully saturated rings. The molecule has 0 amide bonds. The van der Waals surface area contributed by atoms with E-state index in [2.05, 4.69) is 6.07 Å². The van der Waals surface area contributed by atoms with Crippen LogP contribution in [0.25, 0.3) is 0 Å². The summed E-state index contributed by atoms with van der Waals surface area (Å²) in [5, 5.41) is 8.56. The van der Waals surface area contributed by atoms with Crippen molar-refractivity contribution in [1.29, 1.82) is 5.26 Å². The Labute approximate surface area is 101 Å². The molecule has 17 heavy (non-hydrogen) atoms. The van der Waals surface area contributed by atoms with Gasteiger partial charge in [0, 0.05) is 0 Å². The normalized spacial score (nSPS) is 9.59. The predicted octanol–water partition coefficient (Wildman–Crippen LogP) is 3.33. The molecule has 0 unspecified atom stereocenters. The summed E-state index contributed by atoms with van der Waals surface area (Å²) in [6, 6.07) is 19.8. The molecule has 0 saturated heterocycles. The van der Waals surface area contributed by atoms with Gasteiger partial charge in [-0.25, -0.2) is 0 Å². The maximum atomic E-state index is 8.56. The Bertz CT molecular complexity index is 497. The third-order valence-electron chi connectivity index (χ3n) is 2.45. The molecule has 0 aliphatic carbocycles. The van der Waals surface area contributed by atoms with Crippen molar-refractivity contribution in [2.75, 3.05) is 0 Å². The van der Waals surface area contributed by atoms with Crippen molar-refractivity contribution < 1.29 is 4.74 Å². The predicted molar refractivity (Wildman–Crippen MR) is 66.5 cm³/mol. The third-order valence-corrected chi connectivity index (χ3v) is 2.45. The maximum absolute atomic E-state index is 8.56. The lowest BCUT2D eigenvalue weighted by Gasteiger charge is -2.06. The zero-order valence-corrected chi connectivity index (χ0v) is 9.47. The first-order valence-corrected chi connectivity index (χ1v) is 5.51. The van der Waals surface area contributed by atoms with E-state index in [0.29, 0.717) is 13.0 Å². The van der Waals surface area contributed by atoms with E-state index >= 15 is 0 Å². The molecular formula is C15H13NO. The summed E-state index contributed by atoms with van der Waals surface area (Å²) in [5.41, 5.74) is 2.16. The summed E-state index contributed by atoms with van der Waals surface area (Å²) >= 11 is 0. The molecule has 0 aliphatic rings. The van der Waals surface area contributed by atoms with Gasteiger partial charge in [0.2, 0.25) is 0 Å². The van der Waals surface area contributed by atoms with E-state index in [9.17, 15) is 0 Å².